The zero-order valence-electron chi connectivity index (χ0n) is 7.89. The quantitative estimate of drug-likeness (QED) is 0.594. The first-order valence-corrected chi connectivity index (χ1v) is 5.02. The van der Waals surface area contributed by atoms with Crippen LogP contribution in [-0.4, -0.2) is 16.9 Å². The summed E-state index contributed by atoms with van der Waals surface area (Å²) in [6.45, 7) is 0.191. The molecule has 0 bridgehead atoms. The Balaban J connectivity index is 2.72. The summed E-state index contributed by atoms with van der Waals surface area (Å²) < 4.78 is 0. The van der Waals surface area contributed by atoms with Crippen LogP contribution in [0.25, 0.3) is 0 Å². The average Bonchev–Trinajstić information content (AvgIpc) is 2.25. The molecule has 3 heteroatoms. The number of aliphatic hydroxyl groups excluding tert-OH is 1. The van der Waals surface area contributed by atoms with Gasteiger partial charge >= 0.3 is 0 Å². The first-order chi connectivity index (χ1) is 6.88. The van der Waals surface area contributed by atoms with Crippen molar-refractivity contribution in [3.63, 3.8) is 0 Å². The van der Waals surface area contributed by atoms with Crippen LogP contribution in [0.3, 0.4) is 0 Å². The molecule has 1 atom stereocenters. The molecule has 0 aliphatic heterocycles. The molecule has 0 saturated carbocycles. The van der Waals surface area contributed by atoms with E-state index in [9.17, 15) is 0 Å². The predicted octanol–water partition coefficient (Wildman–Crippen LogP) is 2.60. The minimum absolute atomic E-state index is 0.0425. The van der Waals surface area contributed by atoms with Gasteiger partial charge in [-0.3, -0.25) is 0 Å². The summed E-state index contributed by atoms with van der Waals surface area (Å²) in [6, 6.07) is 9.98. The molecule has 1 aromatic carbocycles. The van der Waals surface area contributed by atoms with Crippen molar-refractivity contribution in [3.05, 3.63) is 35.9 Å². The molecule has 0 saturated heterocycles. The summed E-state index contributed by atoms with van der Waals surface area (Å²) in [6.07, 6.45) is 1.55. The third-order valence-corrected chi connectivity index (χ3v) is 2.13. The highest BCUT2D eigenvalue weighted by Crippen LogP contribution is 2.21. The van der Waals surface area contributed by atoms with Gasteiger partial charge in [-0.1, -0.05) is 30.3 Å². The molecule has 0 aliphatic rings. The lowest BCUT2D eigenvalue weighted by atomic mass is 10.0. The lowest BCUT2D eigenvalue weighted by Crippen LogP contribution is -1.96. The van der Waals surface area contributed by atoms with E-state index in [1.54, 1.807) is 0 Å². The highest BCUT2D eigenvalue weighted by Gasteiger charge is 2.07. The summed E-state index contributed by atoms with van der Waals surface area (Å²) in [4.78, 5) is 4.09. The second-order valence-corrected chi connectivity index (χ2v) is 3.20. The number of hydrogen-bond donors (Lipinski definition) is 1. The van der Waals surface area contributed by atoms with E-state index in [-0.39, 0.29) is 12.6 Å². The largest absolute Gasteiger partial charge is 0.396 e. The van der Waals surface area contributed by atoms with Crippen LogP contribution in [0.5, 0.6) is 0 Å². The van der Waals surface area contributed by atoms with Gasteiger partial charge in [-0.25, -0.2) is 4.99 Å². The lowest BCUT2D eigenvalue weighted by Gasteiger charge is -2.09. The molecule has 1 aromatic rings. The maximum atomic E-state index is 8.74. The number of isothiocyanates is 1. The zero-order valence-corrected chi connectivity index (χ0v) is 8.70. The van der Waals surface area contributed by atoms with E-state index < -0.39 is 0 Å². The van der Waals surface area contributed by atoms with Gasteiger partial charge in [0.05, 0.1) is 11.2 Å². The molecule has 2 nitrogen and oxygen atoms in total. The van der Waals surface area contributed by atoms with Gasteiger partial charge in [0.1, 0.15) is 0 Å². The Labute approximate surface area is 89.3 Å². The van der Waals surface area contributed by atoms with E-state index in [1.165, 1.54) is 0 Å². The number of rotatable bonds is 5. The van der Waals surface area contributed by atoms with Crippen molar-refractivity contribution < 1.29 is 5.11 Å². The monoisotopic (exact) mass is 207 g/mol. The topological polar surface area (TPSA) is 32.6 Å². The predicted molar refractivity (Wildman–Crippen MR) is 60.5 cm³/mol. The van der Waals surface area contributed by atoms with E-state index in [0.717, 1.165) is 18.4 Å². The fourth-order valence-electron chi connectivity index (χ4n) is 1.33. The van der Waals surface area contributed by atoms with Crippen LogP contribution in [0.15, 0.2) is 35.3 Å². The van der Waals surface area contributed by atoms with Crippen LogP contribution in [-0.2, 0) is 0 Å². The summed E-state index contributed by atoms with van der Waals surface area (Å²) in [5, 5.41) is 11.1. The van der Waals surface area contributed by atoms with Crippen molar-refractivity contribution in [2.45, 2.75) is 18.9 Å². The molecular formula is C11H13NOS. The Kier molecular flexibility index (Phi) is 5.08. The molecule has 1 N–H and O–H groups in total. The number of nitrogens with zero attached hydrogens (tertiary/aromatic N) is 1. The van der Waals surface area contributed by atoms with E-state index in [4.69, 9.17) is 5.11 Å². The minimum atomic E-state index is 0.0425. The molecule has 0 heterocycles. The highest BCUT2D eigenvalue weighted by molar-refractivity contribution is 7.78. The molecule has 1 unspecified atom stereocenters. The molecule has 0 fully saturated rings. The Morgan fingerprint density at radius 2 is 2.07 bits per heavy atom. The Hall–Kier alpha value is -1.02. The molecule has 0 aromatic heterocycles. The van der Waals surface area contributed by atoms with Crippen LogP contribution in [0.4, 0.5) is 0 Å². The van der Waals surface area contributed by atoms with Crippen molar-refractivity contribution in [2.24, 2.45) is 4.99 Å². The van der Waals surface area contributed by atoms with Gasteiger partial charge in [-0.15, -0.1) is 0 Å². The van der Waals surface area contributed by atoms with Gasteiger partial charge < -0.3 is 5.11 Å². The van der Waals surface area contributed by atoms with Crippen LogP contribution < -0.4 is 0 Å². The van der Waals surface area contributed by atoms with Crippen molar-refractivity contribution in [1.29, 1.82) is 0 Å². The van der Waals surface area contributed by atoms with Crippen molar-refractivity contribution >= 4 is 17.4 Å². The molecule has 74 valence electrons. The SMILES string of the molecule is OCCCC(N=C=S)c1ccccc1. The van der Waals surface area contributed by atoms with Gasteiger partial charge in [0.25, 0.3) is 0 Å². The Morgan fingerprint density at radius 3 is 2.64 bits per heavy atom. The number of aliphatic imine (C=N–C) groups is 1. The summed E-state index contributed by atoms with van der Waals surface area (Å²) in [5.74, 6) is 0. The maximum Gasteiger partial charge on any atom is 0.0853 e. The van der Waals surface area contributed by atoms with Gasteiger partial charge in [0.15, 0.2) is 0 Å². The Bertz CT molecular complexity index is 306. The normalized spacial score (nSPS) is 11.8. The fourth-order valence-corrected chi connectivity index (χ4v) is 1.46. The molecule has 0 aliphatic carbocycles. The summed E-state index contributed by atoms with van der Waals surface area (Å²) in [5.41, 5.74) is 1.12. The summed E-state index contributed by atoms with van der Waals surface area (Å²) in [7, 11) is 0. The van der Waals surface area contributed by atoms with E-state index >= 15 is 0 Å². The molecule has 1 rings (SSSR count). The maximum absolute atomic E-state index is 8.74. The number of hydrogen-bond acceptors (Lipinski definition) is 3. The minimum Gasteiger partial charge on any atom is -0.396 e. The van der Waals surface area contributed by atoms with Crippen molar-refractivity contribution in [2.75, 3.05) is 6.61 Å². The van der Waals surface area contributed by atoms with Gasteiger partial charge in [-0.05, 0) is 30.6 Å². The van der Waals surface area contributed by atoms with Gasteiger partial charge in [0.2, 0.25) is 0 Å². The number of benzene rings is 1. The van der Waals surface area contributed by atoms with Crippen LogP contribution in [0, 0.1) is 0 Å². The Morgan fingerprint density at radius 1 is 1.36 bits per heavy atom. The molecule has 0 amide bonds. The second-order valence-electron chi connectivity index (χ2n) is 3.01. The smallest absolute Gasteiger partial charge is 0.0853 e. The molecule has 0 spiro atoms. The number of aliphatic hydroxyl groups is 1. The standard InChI is InChI=1S/C11H13NOS/c13-8-4-7-11(12-9-14)10-5-2-1-3-6-10/h1-3,5-6,11,13H,4,7-8H2. The van der Waals surface area contributed by atoms with Crippen LogP contribution in [0.1, 0.15) is 24.4 Å². The highest BCUT2D eigenvalue weighted by atomic mass is 32.1. The van der Waals surface area contributed by atoms with Crippen LogP contribution >= 0.6 is 12.2 Å². The van der Waals surface area contributed by atoms with E-state index in [1.807, 2.05) is 30.3 Å². The first-order valence-electron chi connectivity index (χ1n) is 4.61. The van der Waals surface area contributed by atoms with E-state index in [0.29, 0.717) is 0 Å². The fraction of sp³-hybridized carbons (Fsp3) is 0.364. The first kappa shape index (κ1) is 11.1. The molecule has 14 heavy (non-hydrogen) atoms. The van der Waals surface area contributed by atoms with Crippen molar-refractivity contribution in [1.82, 2.24) is 0 Å². The van der Waals surface area contributed by atoms with Gasteiger partial charge in [-0.2, -0.15) is 0 Å². The number of thiocarbonyl (C=S) groups is 1. The summed E-state index contributed by atoms with van der Waals surface area (Å²) >= 11 is 4.60. The van der Waals surface area contributed by atoms with E-state index in [2.05, 4.69) is 22.4 Å². The third kappa shape index (κ3) is 3.38. The molecular weight excluding hydrogens is 194 g/mol. The van der Waals surface area contributed by atoms with Gasteiger partial charge in [0, 0.05) is 6.61 Å². The molecule has 0 radical (unpaired) electrons. The zero-order chi connectivity index (χ0) is 10.2. The third-order valence-electron chi connectivity index (χ3n) is 2.03. The average molecular weight is 207 g/mol. The second kappa shape index (κ2) is 6.44. The lowest BCUT2D eigenvalue weighted by molar-refractivity contribution is 0.280. The van der Waals surface area contributed by atoms with Crippen LogP contribution in [0.2, 0.25) is 0 Å². The van der Waals surface area contributed by atoms with Crippen molar-refractivity contribution in [3.8, 4) is 0 Å².